The molecule has 0 heterocycles. The fourth-order valence-electron chi connectivity index (χ4n) is 1.07. The van der Waals surface area contributed by atoms with Crippen LogP contribution in [-0.4, -0.2) is 41.4 Å². The molecule has 0 fully saturated rings. The first-order valence-corrected chi connectivity index (χ1v) is 5.63. The maximum Gasteiger partial charge on any atom is 0.326 e. The van der Waals surface area contributed by atoms with E-state index in [1.54, 1.807) is 20.8 Å². The van der Waals surface area contributed by atoms with Crippen molar-refractivity contribution in [3.8, 4) is 0 Å². The van der Waals surface area contributed by atoms with Crippen molar-refractivity contribution in [2.24, 2.45) is 11.1 Å². The summed E-state index contributed by atoms with van der Waals surface area (Å²) in [5.41, 5.74) is 4.21. The van der Waals surface area contributed by atoms with E-state index in [4.69, 9.17) is 10.8 Å². The van der Waals surface area contributed by atoms with Crippen LogP contribution >= 0.6 is 0 Å². The van der Waals surface area contributed by atoms with Crippen LogP contribution in [0.3, 0.4) is 0 Å². The molecule has 3 amide bonds. The van der Waals surface area contributed by atoms with Gasteiger partial charge in [0.1, 0.15) is 6.04 Å². The number of carboxylic acids is 1. The van der Waals surface area contributed by atoms with Gasteiger partial charge in [0.25, 0.3) is 0 Å². The Morgan fingerprint density at radius 3 is 2.11 bits per heavy atom. The fourth-order valence-corrected chi connectivity index (χ4v) is 1.07. The highest BCUT2D eigenvalue weighted by Gasteiger charge is 2.24. The average molecular weight is 273 g/mol. The van der Waals surface area contributed by atoms with Gasteiger partial charge in [0.05, 0.1) is 13.0 Å². The zero-order valence-corrected chi connectivity index (χ0v) is 11.1. The Balaban J connectivity index is 4.32. The minimum Gasteiger partial charge on any atom is -0.480 e. The van der Waals surface area contributed by atoms with Crippen molar-refractivity contribution in [2.45, 2.75) is 33.2 Å². The van der Waals surface area contributed by atoms with Crippen LogP contribution in [-0.2, 0) is 19.2 Å². The molecule has 8 heteroatoms. The van der Waals surface area contributed by atoms with Crippen LogP contribution in [0.4, 0.5) is 0 Å². The van der Waals surface area contributed by atoms with Crippen LogP contribution in [0.15, 0.2) is 0 Å². The summed E-state index contributed by atoms with van der Waals surface area (Å²) in [6.07, 6.45) is -0.506. The second kappa shape index (κ2) is 6.72. The molecule has 1 atom stereocenters. The molecule has 0 spiro atoms. The molecule has 0 radical (unpaired) electrons. The molecule has 0 aliphatic carbocycles. The molecule has 108 valence electrons. The monoisotopic (exact) mass is 273 g/mol. The van der Waals surface area contributed by atoms with Gasteiger partial charge in [-0.05, 0) is 0 Å². The predicted octanol–water partition coefficient (Wildman–Crippen LogP) is -1.41. The van der Waals surface area contributed by atoms with E-state index >= 15 is 0 Å². The summed E-state index contributed by atoms with van der Waals surface area (Å²) in [6, 6.07) is -1.39. The highest BCUT2D eigenvalue weighted by Crippen LogP contribution is 2.11. The van der Waals surface area contributed by atoms with Crippen LogP contribution in [0.1, 0.15) is 27.2 Å². The lowest BCUT2D eigenvalue weighted by molar-refractivity contribution is -0.143. The van der Waals surface area contributed by atoms with Gasteiger partial charge in [-0.3, -0.25) is 14.4 Å². The minimum atomic E-state index is -1.39. The number of hydrogen-bond donors (Lipinski definition) is 4. The Kier molecular flexibility index (Phi) is 5.97. The van der Waals surface area contributed by atoms with E-state index in [0.717, 1.165) is 0 Å². The maximum atomic E-state index is 11.5. The van der Waals surface area contributed by atoms with E-state index in [1.807, 2.05) is 0 Å². The first kappa shape index (κ1) is 16.9. The standard InChI is InChI=1S/C11H19N3O5/c1-11(2,3)10(19)13-5-8(16)14-6(9(17)18)4-7(12)15/h6H,4-5H2,1-3H3,(H2,12,15)(H,13,19)(H,14,16)(H,17,18)/t6-/m1/s1. The van der Waals surface area contributed by atoms with Crippen molar-refractivity contribution < 1.29 is 24.3 Å². The van der Waals surface area contributed by atoms with Gasteiger partial charge in [-0.25, -0.2) is 4.79 Å². The van der Waals surface area contributed by atoms with E-state index in [2.05, 4.69) is 10.6 Å². The molecule has 0 aromatic rings. The highest BCUT2D eigenvalue weighted by molar-refractivity contribution is 5.91. The molecule has 0 aliphatic heterocycles. The van der Waals surface area contributed by atoms with Crippen molar-refractivity contribution in [3.63, 3.8) is 0 Å². The zero-order valence-electron chi connectivity index (χ0n) is 11.1. The van der Waals surface area contributed by atoms with Crippen LogP contribution < -0.4 is 16.4 Å². The molecule has 19 heavy (non-hydrogen) atoms. The number of carbonyl (C=O) groups excluding carboxylic acids is 3. The van der Waals surface area contributed by atoms with Gasteiger partial charge < -0.3 is 21.5 Å². The Bertz CT molecular complexity index is 386. The fraction of sp³-hybridized carbons (Fsp3) is 0.636. The van der Waals surface area contributed by atoms with Crippen molar-refractivity contribution in [2.75, 3.05) is 6.54 Å². The largest absolute Gasteiger partial charge is 0.480 e. The lowest BCUT2D eigenvalue weighted by atomic mass is 9.96. The Hall–Kier alpha value is -2.12. The summed E-state index contributed by atoms with van der Waals surface area (Å²) >= 11 is 0. The third kappa shape index (κ3) is 7.02. The number of carboxylic acid groups (broad SMARTS) is 1. The number of carbonyl (C=O) groups is 4. The zero-order chi connectivity index (χ0) is 15.2. The van der Waals surface area contributed by atoms with Crippen molar-refractivity contribution in [1.29, 1.82) is 0 Å². The van der Waals surface area contributed by atoms with Crippen molar-refractivity contribution in [1.82, 2.24) is 10.6 Å². The number of hydrogen-bond acceptors (Lipinski definition) is 4. The Morgan fingerprint density at radius 1 is 1.21 bits per heavy atom. The normalized spacial score (nSPS) is 12.4. The second-order valence-corrected chi connectivity index (χ2v) is 5.06. The lowest BCUT2D eigenvalue weighted by Crippen LogP contribution is -2.48. The van der Waals surface area contributed by atoms with Gasteiger partial charge in [0.15, 0.2) is 0 Å². The minimum absolute atomic E-state index is 0.343. The third-order valence-corrected chi connectivity index (χ3v) is 2.13. The lowest BCUT2D eigenvalue weighted by Gasteiger charge is -2.18. The van der Waals surface area contributed by atoms with Gasteiger partial charge in [-0.2, -0.15) is 0 Å². The van der Waals surface area contributed by atoms with Gasteiger partial charge >= 0.3 is 5.97 Å². The summed E-state index contributed by atoms with van der Waals surface area (Å²) < 4.78 is 0. The van der Waals surface area contributed by atoms with Crippen LogP contribution in [0.5, 0.6) is 0 Å². The molecule has 0 saturated heterocycles. The molecule has 0 rings (SSSR count). The van der Waals surface area contributed by atoms with E-state index in [1.165, 1.54) is 0 Å². The first-order chi connectivity index (χ1) is 8.54. The molecule has 0 bridgehead atoms. The van der Waals surface area contributed by atoms with E-state index in [0.29, 0.717) is 0 Å². The summed E-state index contributed by atoms with van der Waals surface area (Å²) in [5, 5.41) is 13.2. The second-order valence-electron chi connectivity index (χ2n) is 5.06. The smallest absolute Gasteiger partial charge is 0.326 e. The molecular formula is C11H19N3O5. The summed E-state index contributed by atoms with van der Waals surface area (Å²) in [4.78, 5) is 44.3. The van der Waals surface area contributed by atoms with Crippen LogP contribution in [0, 0.1) is 5.41 Å². The third-order valence-electron chi connectivity index (χ3n) is 2.13. The van der Waals surface area contributed by atoms with Crippen LogP contribution in [0.2, 0.25) is 0 Å². The van der Waals surface area contributed by atoms with Gasteiger partial charge in [0, 0.05) is 5.41 Å². The molecular weight excluding hydrogens is 254 g/mol. The molecule has 8 nitrogen and oxygen atoms in total. The number of nitrogens with two attached hydrogens (primary N) is 1. The SMILES string of the molecule is CC(C)(C)C(=O)NCC(=O)N[C@H](CC(N)=O)C(=O)O. The summed E-state index contributed by atoms with van der Waals surface area (Å²) in [5.74, 6) is -3.25. The van der Waals surface area contributed by atoms with E-state index in [-0.39, 0.29) is 12.5 Å². The van der Waals surface area contributed by atoms with Crippen molar-refractivity contribution >= 4 is 23.7 Å². The molecule has 0 aromatic carbocycles. The van der Waals surface area contributed by atoms with E-state index in [9.17, 15) is 19.2 Å². The van der Waals surface area contributed by atoms with Gasteiger partial charge in [-0.15, -0.1) is 0 Å². The van der Waals surface area contributed by atoms with Gasteiger partial charge in [-0.1, -0.05) is 20.8 Å². The number of rotatable bonds is 6. The Morgan fingerprint density at radius 2 is 1.74 bits per heavy atom. The summed E-state index contributed by atoms with van der Waals surface area (Å²) in [6.45, 7) is 4.66. The molecule has 0 aromatic heterocycles. The molecule has 5 N–H and O–H groups in total. The summed E-state index contributed by atoms with van der Waals surface area (Å²) in [7, 11) is 0. The average Bonchev–Trinajstić information content (AvgIpc) is 2.22. The van der Waals surface area contributed by atoms with Crippen molar-refractivity contribution in [3.05, 3.63) is 0 Å². The Labute approximate surface area is 110 Å². The van der Waals surface area contributed by atoms with Crippen LogP contribution in [0.25, 0.3) is 0 Å². The number of nitrogens with one attached hydrogen (secondary N) is 2. The predicted molar refractivity (Wildman–Crippen MR) is 65.8 cm³/mol. The number of amides is 3. The molecule has 0 unspecified atom stereocenters. The maximum absolute atomic E-state index is 11.5. The first-order valence-electron chi connectivity index (χ1n) is 5.63. The number of primary amides is 1. The number of aliphatic carboxylic acids is 1. The highest BCUT2D eigenvalue weighted by atomic mass is 16.4. The molecule has 0 aliphatic rings. The molecule has 0 saturated carbocycles. The van der Waals surface area contributed by atoms with Gasteiger partial charge in [0.2, 0.25) is 17.7 Å². The quantitative estimate of drug-likeness (QED) is 0.471. The van der Waals surface area contributed by atoms with E-state index < -0.39 is 35.7 Å². The topological polar surface area (TPSA) is 139 Å².